The maximum atomic E-state index is 13.1. The number of amides is 1. The molecule has 5 nitrogen and oxygen atoms in total. The first-order valence-electron chi connectivity index (χ1n) is 5.62. The Morgan fingerprint density at radius 3 is 2.89 bits per heavy atom. The number of rotatable bonds is 2. The van der Waals surface area contributed by atoms with Crippen LogP contribution in [0.4, 0.5) is 10.1 Å². The monoisotopic (exact) mass is 254 g/mol. The summed E-state index contributed by atoms with van der Waals surface area (Å²) in [5.41, 5.74) is 5.95. The largest absolute Gasteiger partial charge is 0.484 e. The van der Waals surface area contributed by atoms with Crippen LogP contribution in [0, 0.1) is 5.82 Å². The Bertz CT molecular complexity index is 467. The van der Waals surface area contributed by atoms with Crippen molar-refractivity contribution in [2.45, 2.75) is 19.1 Å². The van der Waals surface area contributed by atoms with Gasteiger partial charge >= 0.3 is 0 Å². The summed E-state index contributed by atoms with van der Waals surface area (Å²) < 4.78 is 18.5. The standard InChI is InChI=1S/C12H15FN2O3/c1-7(16)15-5-10(17)12(6-15)18-11-4-8(13)2-3-9(11)14/h2-4,10,12,17H,5-6,14H2,1H3/t10-,12-/m0/s1. The average Bonchev–Trinajstić information content (AvgIpc) is 2.66. The van der Waals surface area contributed by atoms with E-state index >= 15 is 0 Å². The predicted octanol–water partition coefficient (Wildman–Crippen LogP) is 0.378. The molecule has 0 saturated carbocycles. The summed E-state index contributed by atoms with van der Waals surface area (Å²) in [5, 5.41) is 9.78. The summed E-state index contributed by atoms with van der Waals surface area (Å²) >= 11 is 0. The number of likely N-dealkylation sites (tertiary alicyclic amines) is 1. The zero-order valence-electron chi connectivity index (χ0n) is 9.97. The average molecular weight is 254 g/mol. The number of aliphatic hydroxyl groups is 1. The molecule has 1 heterocycles. The van der Waals surface area contributed by atoms with Crippen molar-refractivity contribution in [3.63, 3.8) is 0 Å². The van der Waals surface area contributed by atoms with Gasteiger partial charge in [0.15, 0.2) is 0 Å². The Morgan fingerprint density at radius 2 is 2.28 bits per heavy atom. The number of aliphatic hydroxyl groups excluding tert-OH is 1. The fraction of sp³-hybridized carbons (Fsp3) is 0.417. The number of nitrogen functional groups attached to an aromatic ring is 1. The predicted molar refractivity (Wildman–Crippen MR) is 63.5 cm³/mol. The van der Waals surface area contributed by atoms with Crippen molar-refractivity contribution < 1.29 is 19.0 Å². The summed E-state index contributed by atoms with van der Waals surface area (Å²) in [6, 6.07) is 3.79. The number of carbonyl (C=O) groups excluding carboxylic acids is 1. The normalized spacial score (nSPS) is 23.2. The Kier molecular flexibility index (Phi) is 3.38. The number of β-amino-alcohol motifs (C(OH)–C–C–N with tert-alkyl or cyclic N) is 1. The van der Waals surface area contributed by atoms with Gasteiger partial charge in [0, 0.05) is 13.0 Å². The number of ether oxygens (including phenoxy) is 1. The van der Waals surface area contributed by atoms with Crippen LogP contribution >= 0.6 is 0 Å². The van der Waals surface area contributed by atoms with Crippen molar-refractivity contribution >= 4 is 11.6 Å². The number of nitrogens with zero attached hydrogens (tertiary/aromatic N) is 1. The summed E-state index contributed by atoms with van der Waals surface area (Å²) in [4.78, 5) is 12.7. The lowest BCUT2D eigenvalue weighted by Gasteiger charge is -2.17. The second-order valence-corrected chi connectivity index (χ2v) is 4.33. The minimum atomic E-state index is -0.795. The smallest absolute Gasteiger partial charge is 0.219 e. The van der Waals surface area contributed by atoms with E-state index in [1.165, 1.54) is 30.0 Å². The molecule has 1 saturated heterocycles. The van der Waals surface area contributed by atoms with E-state index in [0.29, 0.717) is 5.69 Å². The van der Waals surface area contributed by atoms with Crippen LogP contribution < -0.4 is 10.5 Å². The number of halogens is 1. The number of benzene rings is 1. The second-order valence-electron chi connectivity index (χ2n) is 4.33. The molecular weight excluding hydrogens is 239 g/mol. The van der Waals surface area contributed by atoms with Gasteiger partial charge in [0.05, 0.1) is 18.8 Å². The first-order chi connectivity index (χ1) is 8.47. The van der Waals surface area contributed by atoms with Gasteiger partial charge < -0.3 is 20.5 Å². The topological polar surface area (TPSA) is 75.8 Å². The van der Waals surface area contributed by atoms with E-state index in [9.17, 15) is 14.3 Å². The summed E-state index contributed by atoms with van der Waals surface area (Å²) in [7, 11) is 0. The summed E-state index contributed by atoms with van der Waals surface area (Å²) in [6.07, 6.45) is -1.38. The van der Waals surface area contributed by atoms with Gasteiger partial charge in [-0.2, -0.15) is 0 Å². The molecular formula is C12H15FN2O3. The van der Waals surface area contributed by atoms with Crippen molar-refractivity contribution in [1.82, 2.24) is 4.90 Å². The molecule has 0 aliphatic carbocycles. The van der Waals surface area contributed by atoms with Gasteiger partial charge in [-0.15, -0.1) is 0 Å². The van der Waals surface area contributed by atoms with Crippen LogP contribution in [-0.4, -0.2) is 41.2 Å². The van der Waals surface area contributed by atoms with Gasteiger partial charge in [0.1, 0.15) is 23.8 Å². The Morgan fingerprint density at radius 1 is 1.56 bits per heavy atom. The first kappa shape index (κ1) is 12.6. The van der Waals surface area contributed by atoms with Crippen LogP contribution in [0.5, 0.6) is 5.75 Å². The highest BCUT2D eigenvalue weighted by atomic mass is 19.1. The second kappa shape index (κ2) is 4.81. The molecule has 6 heteroatoms. The first-order valence-corrected chi connectivity index (χ1v) is 5.62. The molecule has 98 valence electrons. The highest BCUT2D eigenvalue weighted by Gasteiger charge is 2.34. The zero-order valence-corrected chi connectivity index (χ0v) is 9.97. The molecule has 2 rings (SSSR count). The molecule has 18 heavy (non-hydrogen) atoms. The van der Waals surface area contributed by atoms with E-state index in [2.05, 4.69) is 0 Å². The van der Waals surface area contributed by atoms with E-state index in [1.807, 2.05) is 0 Å². The Balaban J connectivity index is 2.10. The Labute approximate surface area is 104 Å². The summed E-state index contributed by atoms with van der Waals surface area (Å²) in [6.45, 7) is 1.91. The highest BCUT2D eigenvalue weighted by molar-refractivity contribution is 5.73. The minimum Gasteiger partial charge on any atom is -0.484 e. The van der Waals surface area contributed by atoms with E-state index < -0.39 is 18.0 Å². The van der Waals surface area contributed by atoms with Gasteiger partial charge in [-0.1, -0.05) is 0 Å². The molecule has 3 N–H and O–H groups in total. The lowest BCUT2D eigenvalue weighted by Crippen LogP contribution is -2.30. The summed E-state index contributed by atoms with van der Waals surface area (Å²) in [5.74, 6) is -0.410. The quantitative estimate of drug-likeness (QED) is 0.748. The molecule has 2 atom stereocenters. The third-order valence-electron chi connectivity index (χ3n) is 2.94. The van der Waals surface area contributed by atoms with Gasteiger partial charge in [0.2, 0.25) is 5.91 Å². The number of hydrogen-bond donors (Lipinski definition) is 2. The maximum absolute atomic E-state index is 13.1. The zero-order chi connectivity index (χ0) is 13.3. The molecule has 0 aromatic heterocycles. The van der Waals surface area contributed by atoms with Gasteiger partial charge in [-0.05, 0) is 12.1 Å². The molecule has 0 radical (unpaired) electrons. The molecule has 0 unspecified atom stereocenters. The molecule has 1 amide bonds. The van der Waals surface area contributed by atoms with Crippen molar-refractivity contribution in [3.8, 4) is 5.75 Å². The van der Waals surface area contributed by atoms with Crippen molar-refractivity contribution in [1.29, 1.82) is 0 Å². The lowest BCUT2D eigenvalue weighted by molar-refractivity contribution is -0.128. The van der Waals surface area contributed by atoms with Crippen LogP contribution in [-0.2, 0) is 4.79 Å². The van der Waals surface area contributed by atoms with Crippen LogP contribution in [0.1, 0.15) is 6.92 Å². The molecule has 1 aliphatic rings. The van der Waals surface area contributed by atoms with Crippen molar-refractivity contribution in [2.75, 3.05) is 18.8 Å². The number of nitrogens with two attached hydrogens (primary N) is 1. The molecule has 0 bridgehead atoms. The third-order valence-corrected chi connectivity index (χ3v) is 2.94. The fourth-order valence-corrected chi connectivity index (χ4v) is 1.90. The SMILES string of the molecule is CC(=O)N1C[C@H](Oc2cc(F)ccc2N)[C@@H](O)C1. The number of hydrogen-bond acceptors (Lipinski definition) is 4. The van der Waals surface area contributed by atoms with Crippen LogP contribution in [0.25, 0.3) is 0 Å². The lowest BCUT2D eigenvalue weighted by atomic mass is 10.2. The molecule has 1 aromatic rings. The highest BCUT2D eigenvalue weighted by Crippen LogP contribution is 2.25. The van der Waals surface area contributed by atoms with E-state index in [0.717, 1.165) is 0 Å². The van der Waals surface area contributed by atoms with E-state index in [-0.39, 0.29) is 24.7 Å². The van der Waals surface area contributed by atoms with E-state index in [4.69, 9.17) is 10.5 Å². The molecule has 0 spiro atoms. The van der Waals surface area contributed by atoms with Crippen molar-refractivity contribution in [2.24, 2.45) is 0 Å². The fourth-order valence-electron chi connectivity index (χ4n) is 1.90. The van der Waals surface area contributed by atoms with Crippen LogP contribution in [0.3, 0.4) is 0 Å². The van der Waals surface area contributed by atoms with Crippen LogP contribution in [0.15, 0.2) is 18.2 Å². The number of anilines is 1. The third kappa shape index (κ3) is 2.53. The maximum Gasteiger partial charge on any atom is 0.219 e. The molecule has 1 fully saturated rings. The van der Waals surface area contributed by atoms with Crippen LogP contribution in [0.2, 0.25) is 0 Å². The number of carbonyl (C=O) groups is 1. The van der Waals surface area contributed by atoms with Crippen molar-refractivity contribution in [3.05, 3.63) is 24.0 Å². The molecule has 1 aromatic carbocycles. The van der Waals surface area contributed by atoms with E-state index in [1.54, 1.807) is 0 Å². The van der Waals surface area contributed by atoms with Gasteiger partial charge in [-0.25, -0.2) is 4.39 Å². The minimum absolute atomic E-state index is 0.132. The van der Waals surface area contributed by atoms with Gasteiger partial charge in [0.25, 0.3) is 0 Å². The molecule has 1 aliphatic heterocycles. The Hall–Kier alpha value is -1.82. The van der Waals surface area contributed by atoms with Gasteiger partial charge in [-0.3, -0.25) is 4.79 Å².